The molecule has 8 heteroatoms. The van der Waals surface area contributed by atoms with E-state index < -0.39 is 4.92 Å². The number of ether oxygens (including phenoxy) is 4. The van der Waals surface area contributed by atoms with E-state index in [0.717, 1.165) is 11.5 Å². The second kappa shape index (κ2) is 9.71. The molecule has 0 saturated heterocycles. The number of nitrogens with zero attached hydrogens (tertiary/aromatic N) is 1. The molecule has 2 aromatic rings. The van der Waals surface area contributed by atoms with E-state index in [2.05, 4.69) is 0 Å². The van der Waals surface area contributed by atoms with Crippen molar-refractivity contribution >= 4 is 17.3 Å². The Kier molecular flexibility index (Phi) is 7.31. The molecule has 0 saturated carbocycles. The highest BCUT2D eigenvalue weighted by molar-refractivity contribution is 6.32. The summed E-state index contributed by atoms with van der Waals surface area (Å²) in [7, 11) is 1.61. The van der Waals surface area contributed by atoms with Crippen LogP contribution in [0.1, 0.15) is 0 Å². The molecule has 2 aromatic carbocycles. The van der Waals surface area contributed by atoms with Gasteiger partial charge in [-0.3, -0.25) is 10.1 Å². The number of benzene rings is 2. The van der Waals surface area contributed by atoms with Crippen LogP contribution in [-0.4, -0.2) is 38.5 Å². The highest BCUT2D eigenvalue weighted by Gasteiger charge is 2.10. The summed E-state index contributed by atoms with van der Waals surface area (Å²) in [4.78, 5) is 10.1. The lowest BCUT2D eigenvalue weighted by atomic mass is 10.3. The third-order valence-electron chi connectivity index (χ3n) is 3.17. The quantitative estimate of drug-likeness (QED) is 0.361. The minimum absolute atomic E-state index is 0.0794. The van der Waals surface area contributed by atoms with Crippen molar-refractivity contribution in [2.24, 2.45) is 0 Å². The monoisotopic (exact) mass is 367 g/mol. The molecule has 0 aromatic heterocycles. The zero-order valence-electron chi connectivity index (χ0n) is 13.6. The van der Waals surface area contributed by atoms with Gasteiger partial charge in [0.1, 0.15) is 30.5 Å². The fraction of sp³-hybridized carbons (Fsp3) is 0.294. The molecule has 0 unspecified atom stereocenters. The maximum atomic E-state index is 10.6. The van der Waals surface area contributed by atoms with Crippen LogP contribution in [-0.2, 0) is 4.74 Å². The molecular weight excluding hydrogens is 350 g/mol. The summed E-state index contributed by atoms with van der Waals surface area (Å²) in [6.45, 7) is 1.44. The third-order valence-corrected chi connectivity index (χ3v) is 3.46. The van der Waals surface area contributed by atoms with E-state index in [1.807, 2.05) is 24.3 Å². The molecule has 0 aliphatic rings. The molecule has 0 N–H and O–H groups in total. The molecule has 0 aliphatic heterocycles. The van der Waals surface area contributed by atoms with Crippen LogP contribution in [0, 0.1) is 10.1 Å². The number of methoxy groups -OCH3 is 1. The van der Waals surface area contributed by atoms with E-state index in [1.54, 1.807) is 7.11 Å². The SMILES string of the molecule is COc1ccc(OCCOCCOc2ccc([N+](=O)[O-])cc2Cl)cc1. The highest BCUT2D eigenvalue weighted by atomic mass is 35.5. The predicted octanol–water partition coefficient (Wildman–Crippen LogP) is 3.73. The van der Waals surface area contributed by atoms with Crippen LogP contribution in [0.4, 0.5) is 5.69 Å². The van der Waals surface area contributed by atoms with Crippen molar-refractivity contribution < 1.29 is 23.9 Å². The summed E-state index contributed by atoms with van der Waals surface area (Å²) in [5, 5.41) is 10.8. The van der Waals surface area contributed by atoms with Crippen LogP contribution in [0.5, 0.6) is 17.2 Å². The van der Waals surface area contributed by atoms with Gasteiger partial charge in [0.15, 0.2) is 0 Å². The summed E-state index contributed by atoms with van der Waals surface area (Å²) in [6, 6.07) is 11.3. The number of non-ortho nitro benzene ring substituents is 1. The van der Waals surface area contributed by atoms with Crippen molar-refractivity contribution in [3.05, 3.63) is 57.6 Å². The Balaban J connectivity index is 1.61. The third kappa shape index (κ3) is 6.13. The van der Waals surface area contributed by atoms with Gasteiger partial charge in [-0.2, -0.15) is 0 Å². The fourth-order valence-corrected chi connectivity index (χ4v) is 2.15. The highest BCUT2D eigenvalue weighted by Crippen LogP contribution is 2.28. The van der Waals surface area contributed by atoms with Gasteiger partial charge in [0.25, 0.3) is 5.69 Å². The van der Waals surface area contributed by atoms with E-state index >= 15 is 0 Å². The van der Waals surface area contributed by atoms with Crippen molar-refractivity contribution in [2.45, 2.75) is 0 Å². The van der Waals surface area contributed by atoms with E-state index in [0.29, 0.717) is 25.6 Å². The molecule has 0 radical (unpaired) electrons. The van der Waals surface area contributed by atoms with Crippen LogP contribution in [0.25, 0.3) is 0 Å². The number of nitro groups is 1. The molecule has 0 spiro atoms. The topological polar surface area (TPSA) is 80.1 Å². The van der Waals surface area contributed by atoms with Gasteiger partial charge in [0.2, 0.25) is 0 Å². The molecule has 7 nitrogen and oxygen atoms in total. The molecule has 25 heavy (non-hydrogen) atoms. The lowest BCUT2D eigenvalue weighted by Gasteiger charge is -2.09. The Labute approximate surface area is 150 Å². The first-order chi connectivity index (χ1) is 12.1. The minimum Gasteiger partial charge on any atom is -0.497 e. The zero-order chi connectivity index (χ0) is 18.1. The van der Waals surface area contributed by atoms with Crippen molar-refractivity contribution in [3.8, 4) is 17.2 Å². The number of rotatable bonds is 10. The second-order valence-electron chi connectivity index (χ2n) is 4.86. The number of nitro benzene ring substituents is 1. The molecule has 0 aliphatic carbocycles. The Morgan fingerprint density at radius 3 is 2.20 bits per heavy atom. The molecular formula is C17H18ClNO6. The summed E-state index contributed by atoms with van der Waals surface area (Å²) in [5.41, 5.74) is -0.0794. The Hall–Kier alpha value is -2.51. The van der Waals surface area contributed by atoms with Gasteiger partial charge >= 0.3 is 0 Å². The van der Waals surface area contributed by atoms with Gasteiger partial charge in [-0.1, -0.05) is 11.6 Å². The minimum atomic E-state index is -0.512. The average molecular weight is 368 g/mol. The van der Waals surface area contributed by atoms with E-state index in [1.165, 1.54) is 18.2 Å². The lowest BCUT2D eigenvalue weighted by molar-refractivity contribution is -0.384. The first-order valence-corrected chi connectivity index (χ1v) is 7.89. The van der Waals surface area contributed by atoms with Crippen molar-refractivity contribution in [1.29, 1.82) is 0 Å². The van der Waals surface area contributed by atoms with Gasteiger partial charge in [-0.15, -0.1) is 0 Å². The summed E-state index contributed by atoms with van der Waals surface area (Å²) < 4.78 is 21.4. The van der Waals surface area contributed by atoms with Crippen molar-refractivity contribution in [1.82, 2.24) is 0 Å². The first-order valence-electron chi connectivity index (χ1n) is 7.51. The van der Waals surface area contributed by atoms with Gasteiger partial charge in [-0.05, 0) is 30.3 Å². The van der Waals surface area contributed by atoms with E-state index in [9.17, 15) is 10.1 Å². The molecule has 0 atom stereocenters. The Morgan fingerprint density at radius 2 is 1.60 bits per heavy atom. The van der Waals surface area contributed by atoms with Gasteiger partial charge in [0.05, 0.1) is 30.3 Å². The van der Waals surface area contributed by atoms with Crippen molar-refractivity contribution in [2.75, 3.05) is 33.5 Å². The summed E-state index contributed by atoms with van der Waals surface area (Å²) >= 11 is 5.93. The fourth-order valence-electron chi connectivity index (χ4n) is 1.92. The van der Waals surface area contributed by atoms with Crippen LogP contribution >= 0.6 is 11.6 Å². The van der Waals surface area contributed by atoms with Gasteiger partial charge in [-0.25, -0.2) is 0 Å². The van der Waals surface area contributed by atoms with E-state index in [4.69, 9.17) is 30.5 Å². The van der Waals surface area contributed by atoms with Crippen LogP contribution in [0.3, 0.4) is 0 Å². The van der Waals surface area contributed by atoms with Gasteiger partial charge in [0, 0.05) is 12.1 Å². The van der Waals surface area contributed by atoms with Crippen LogP contribution in [0.15, 0.2) is 42.5 Å². The molecule has 0 fully saturated rings. The number of hydrogen-bond donors (Lipinski definition) is 0. The Morgan fingerprint density at radius 1 is 0.960 bits per heavy atom. The number of halogens is 1. The largest absolute Gasteiger partial charge is 0.497 e. The summed E-state index contributed by atoms with van der Waals surface area (Å²) in [6.07, 6.45) is 0. The van der Waals surface area contributed by atoms with E-state index in [-0.39, 0.29) is 17.3 Å². The standard InChI is InChI=1S/C17H18ClNO6/c1-22-14-3-5-15(6-4-14)24-10-8-23-9-11-25-17-7-2-13(19(20)21)12-16(17)18/h2-7,12H,8-11H2,1H3. The maximum Gasteiger partial charge on any atom is 0.271 e. The zero-order valence-corrected chi connectivity index (χ0v) is 14.4. The maximum absolute atomic E-state index is 10.6. The molecule has 2 rings (SSSR count). The first kappa shape index (κ1) is 18.8. The average Bonchev–Trinajstić information content (AvgIpc) is 2.62. The molecule has 0 amide bonds. The second-order valence-corrected chi connectivity index (χ2v) is 5.26. The molecule has 0 heterocycles. The van der Waals surface area contributed by atoms with Crippen LogP contribution in [0.2, 0.25) is 5.02 Å². The van der Waals surface area contributed by atoms with Crippen molar-refractivity contribution in [3.63, 3.8) is 0 Å². The molecule has 0 bridgehead atoms. The molecule has 134 valence electrons. The predicted molar refractivity (Wildman–Crippen MR) is 92.9 cm³/mol. The smallest absolute Gasteiger partial charge is 0.271 e. The summed E-state index contributed by atoms with van der Waals surface area (Å²) in [5.74, 6) is 1.88. The number of hydrogen-bond acceptors (Lipinski definition) is 6. The van der Waals surface area contributed by atoms with Crippen LogP contribution < -0.4 is 14.2 Å². The lowest BCUT2D eigenvalue weighted by Crippen LogP contribution is -2.12. The van der Waals surface area contributed by atoms with Gasteiger partial charge < -0.3 is 18.9 Å². The Bertz CT molecular complexity index is 692. The normalized spacial score (nSPS) is 10.3.